The van der Waals surface area contributed by atoms with Crippen molar-refractivity contribution >= 4 is 17.6 Å². The minimum Gasteiger partial charge on any atom is -0.394 e. The number of hydrogen-bond donors (Lipinski definition) is 2. The van der Waals surface area contributed by atoms with E-state index in [9.17, 15) is 23.5 Å². The predicted octanol–water partition coefficient (Wildman–Crippen LogP) is 3.57. The molecule has 0 unspecified atom stereocenters. The number of nitrogens with zero attached hydrogens (tertiary/aromatic N) is 2. The molecule has 3 aromatic rings. The highest BCUT2D eigenvalue weighted by molar-refractivity contribution is 5.93. The zero-order valence-corrected chi connectivity index (χ0v) is 19.2. The number of carbonyl (C=O) groups excluding carboxylic acids is 2. The summed E-state index contributed by atoms with van der Waals surface area (Å²) < 4.78 is 26.2. The number of amides is 3. The van der Waals surface area contributed by atoms with Crippen LogP contribution in [0.2, 0.25) is 0 Å². The zero-order chi connectivity index (χ0) is 25.2. The summed E-state index contributed by atoms with van der Waals surface area (Å²) in [5.74, 6) is 4.96. The van der Waals surface area contributed by atoms with E-state index in [0.717, 1.165) is 11.1 Å². The van der Waals surface area contributed by atoms with Crippen LogP contribution in [0, 0.1) is 23.5 Å². The number of rotatable bonds is 3. The molecule has 2 heterocycles. The van der Waals surface area contributed by atoms with Gasteiger partial charge in [-0.3, -0.25) is 4.79 Å². The van der Waals surface area contributed by atoms with Crippen LogP contribution in [0.15, 0.2) is 72.8 Å². The number of hydrogen-bond acceptors (Lipinski definition) is 3. The second-order valence-electron chi connectivity index (χ2n) is 8.84. The topological polar surface area (TPSA) is 72.9 Å². The van der Waals surface area contributed by atoms with E-state index in [-0.39, 0.29) is 42.9 Å². The van der Waals surface area contributed by atoms with E-state index >= 15 is 0 Å². The average molecular weight is 488 g/mol. The average Bonchev–Trinajstić information content (AvgIpc) is 2.87. The maximum Gasteiger partial charge on any atom is 0.322 e. The molecule has 6 nitrogen and oxygen atoms in total. The lowest BCUT2D eigenvalue weighted by Crippen LogP contribution is -2.73. The number of carbonyl (C=O) groups is 2. The zero-order valence-electron chi connectivity index (χ0n) is 19.2. The first-order valence-corrected chi connectivity index (χ1v) is 11.5. The van der Waals surface area contributed by atoms with E-state index in [1.54, 1.807) is 17.0 Å². The molecular weight excluding hydrogens is 464 g/mol. The van der Waals surface area contributed by atoms with Gasteiger partial charge in [-0.1, -0.05) is 24.0 Å². The lowest BCUT2D eigenvalue weighted by atomic mass is 9.73. The monoisotopic (exact) mass is 487 g/mol. The van der Waals surface area contributed by atoms with Crippen molar-refractivity contribution in [3.63, 3.8) is 0 Å². The van der Waals surface area contributed by atoms with Crippen molar-refractivity contribution in [3.05, 3.63) is 101 Å². The summed E-state index contributed by atoms with van der Waals surface area (Å²) in [6.45, 7) is 0.0392. The molecular formula is C28H23F2N3O3. The molecule has 0 spiro atoms. The molecule has 2 fully saturated rings. The van der Waals surface area contributed by atoms with Gasteiger partial charge in [0, 0.05) is 29.3 Å². The molecule has 36 heavy (non-hydrogen) atoms. The summed E-state index contributed by atoms with van der Waals surface area (Å²) in [6.07, 6.45) is 0. The van der Waals surface area contributed by atoms with Gasteiger partial charge < -0.3 is 20.2 Å². The van der Waals surface area contributed by atoms with Crippen LogP contribution in [0.25, 0.3) is 0 Å². The van der Waals surface area contributed by atoms with Gasteiger partial charge in [-0.15, -0.1) is 0 Å². The third-order valence-electron chi connectivity index (χ3n) is 6.63. The van der Waals surface area contributed by atoms with Gasteiger partial charge in [-0.2, -0.15) is 0 Å². The van der Waals surface area contributed by atoms with Crippen LogP contribution >= 0.6 is 0 Å². The number of aliphatic hydroxyl groups excluding tert-OH is 1. The van der Waals surface area contributed by atoms with Crippen LogP contribution in [-0.2, 0) is 4.79 Å². The Kier molecular flexibility index (Phi) is 6.40. The summed E-state index contributed by atoms with van der Waals surface area (Å²) in [6, 6.07) is 17.9. The molecule has 8 heteroatoms. The van der Waals surface area contributed by atoms with Gasteiger partial charge in [-0.25, -0.2) is 13.6 Å². The van der Waals surface area contributed by atoms with Crippen molar-refractivity contribution in [2.24, 2.45) is 0 Å². The molecule has 0 bridgehead atoms. The van der Waals surface area contributed by atoms with Crippen LogP contribution in [0.1, 0.15) is 22.6 Å². The number of piperazine rings is 1. The minimum atomic E-state index is -0.438. The number of nitrogens with one attached hydrogen (secondary N) is 1. The molecule has 3 aromatic carbocycles. The van der Waals surface area contributed by atoms with E-state index in [4.69, 9.17) is 0 Å². The van der Waals surface area contributed by atoms with E-state index in [1.165, 1.54) is 41.3 Å². The molecule has 2 N–H and O–H groups in total. The number of benzene rings is 3. The van der Waals surface area contributed by atoms with Crippen LogP contribution in [0.4, 0.5) is 19.3 Å². The van der Waals surface area contributed by atoms with Gasteiger partial charge in [0.25, 0.3) is 0 Å². The first-order chi connectivity index (χ1) is 17.4. The number of aliphatic hydroxyl groups is 1. The summed E-state index contributed by atoms with van der Waals surface area (Å²) in [5.41, 5.74) is 2.86. The third kappa shape index (κ3) is 4.66. The lowest BCUT2D eigenvalue weighted by Gasteiger charge is -2.58. The Morgan fingerprint density at radius 3 is 2.06 bits per heavy atom. The fourth-order valence-electron chi connectivity index (χ4n) is 4.86. The second kappa shape index (κ2) is 9.80. The Morgan fingerprint density at radius 2 is 1.47 bits per heavy atom. The summed E-state index contributed by atoms with van der Waals surface area (Å²) >= 11 is 0. The number of anilines is 1. The molecule has 0 saturated carbocycles. The van der Waals surface area contributed by atoms with Crippen molar-refractivity contribution in [3.8, 4) is 11.8 Å². The Hall–Kier alpha value is -4.22. The van der Waals surface area contributed by atoms with Crippen LogP contribution in [-0.4, -0.2) is 58.6 Å². The van der Waals surface area contributed by atoms with E-state index in [1.807, 2.05) is 24.3 Å². The molecule has 0 aromatic heterocycles. The molecule has 5 rings (SSSR count). The van der Waals surface area contributed by atoms with Gasteiger partial charge in [0.05, 0.1) is 18.7 Å². The normalized spacial score (nSPS) is 20.6. The third-order valence-corrected chi connectivity index (χ3v) is 6.63. The number of halogens is 2. The van der Waals surface area contributed by atoms with Gasteiger partial charge in [0.1, 0.15) is 18.2 Å². The highest BCUT2D eigenvalue weighted by Gasteiger charge is 2.54. The van der Waals surface area contributed by atoms with Crippen LogP contribution in [0.3, 0.4) is 0 Å². The fraction of sp³-hybridized carbons (Fsp3) is 0.214. The first-order valence-electron chi connectivity index (χ1n) is 11.5. The first kappa shape index (κ1) is 23.5. The Morgan fingerprint density at radius 1 is 0.917 bits per heavy atom. The molecule has 2 aliphatic rings. The maximum absolute atomic E-state index is 13.2. The van der Waals surface area contributed by atoms with Gasteiger partial charge in [-0.05, 0) is 66.2 Å². The second-order valence-corrected chi connectivity index (χ2v) is 8.84. The number of fused-ring (bicyclic) bond motifs is 1. The molecule has 0 aliphatic carbocycles. The molecule has 2 saturated heterocycles. The summed E-state index contributed by atoms with van der Waals surface area (Å²) in [7, 11) is 0. The van der Waals surface area contributed by atoms with Gasteiger partial charge in [0.15, 0.2) is 0 Å². The van der Waals surface area contributed by atoms with Gasteiger partial charge >= 0.3 is 6.03 Å². The highest BCUT2D eigenvalue weighted by Crippen LogP contribution is 2.43. The maximum atomic E-state index is 13.2. The predicted molar refractivity (Wildman–Crippen MR) is 130 cm³/mol. The van der Waals surface area contributed by atoms with Crippen molar-refractivity contribution < 1.29 is 23.5 Å². The highest BCUT2D eigenvalue weighted by atomic mass is 19.1. The smallest absolute Gasteiger partial charge is 0.322 e. The van der Waals surface area contributed by atoms with Crippen LogP contribution in [0.5, 0.6) is 0 Å². The van der Waals surface area contributed by atoms with Crippen molar-refractivity contribution in [1.29, 1.82) is 0 Å². The SMILES string of the molecule is O=C(Nc1ccc(F)cc1)N1CC(=O)N2[C@H](CO)[C@@H](c3ccc(C#Cc4ccc(F)cc4)cc3)[C@@H]2C1. The Labute approximate surface area is 207 Å². The quantitative estimate of drug-likeness (QED) is 0.555. The largest absolute Gasteiger partial charge is 0.394 e. The van der Waals surface area contributed by atoms with E-state index in [0.29, 0.717) is 17.8 Å². The molecule has 182 valence electrons. The summed E-state index contributed by atoms with van der Waals surface area (Å²) in [5, 5.41) is 12.7. The van der Waals surface area contributed by atoms with E-state index < -0.39 is 11.8 Å². The number of urea groups is 1. The Balaban J connectivity index is 1.30. The summed E-state index contributed by atoms with van der Waals surface area (Å²) in [4.78, 5) is 28.7. The minimum absolute atomic E-state index is 0.0926. The molecule has 3 atom stereocenters. The van der Waals surface area contributed by atoms with Crippen molar-refractivity contribution in [2.45, 2.75) is 18.0 Å². The fourth-order valence-corrected chi connectivity index (χ4v) is 4.86. The standard InChI is InChI=1S/C28H23F2N3O3/c29-21-9-5-19(6-10-21)2-1-18-3-7-20(8-4-18)27-24-15-32(16-26(35)33(24)25(27)17-34)28(36)31-23-13-11-22(30)12-14-23/h3-14,24-25,27,34H,15-17H2,(H,31,36)/t24-,25+,27-/m0/s1. The molecule has 2 aliphatic heterocycles. The van der Waals surface area contributed by atoms with Crippen molar-refractivity contribution in [1.82, 2.24) is 9.80 Å². The van der Waals surface area contributed by atoms with Crippen LogP contribution < -0.4 is 5.32 Å². The lowest BCUT2D eigenvalue weighted by molar-refractivity contribution is -0.159. The molecule has 3 amide bonds. The Bertz CT molecular complexity index is 1330. The van der Waals surface area contributed by atoms with E-state index in [2.05, 4.69) is 17.2 Å². The van der Waals surface area contributed by atoms with Crippen molar-refractivity contribution in [2.75, 3.05) is 25.0 Å². The van der Waals surface area contributed by atoms with Gasteiger partial charge in [0.2, 0.25) is 5.91 Å². The molecule has 0 radical (unpaired) electrons.